The van der Waals surface area contributed by atoms with Crippen molar-refractivity contribution in [1.82, 2.24) is 0 Å². The summed E-state index contributed by atoms with van der Waals surface area (Å²) < 4.78 is 55.6. The second kappa shape index (κ2) is 9.11. The fraction of sp³-hybridized carbons (Fsp3) is 0.667. The number of benzene rings is 1. The number of quaternary nitrogens is 1. The first-order valence-corrected chi connectivity index (χ1v) is 10.6. The number of rotatable bonds is 5. The van der Waals surface area contributed by atoms with Gasteiger partial charge in [-0.2, -0.15) is 13.2 Å². The van der Waals surface area contributed by atoms with E-state index in [0.717, 1.165) is 24.6 Å². The quantitative estimate of drug-likeness (QED) is 0.755. The van der Waals surface area contributed by atoms with E-state index in [4.69, 9.17) is 14.2 Å². The molecule has 1 amide bonds. The number of hydrogen-bond acceptors (Lipinski definition) is 4. The number of hydrogen-bond donors (Lipinski definition) is 2. The van der Waals surface area contributed by atoms with Crippen LogP contribution in [-0.2, 0) is 20.4 Å². The average molecular weight is 429 g/mol. The predicted molar refractivity (Wildman–Crippen MR) is 102 cm³/mol. The fourth-order valence-corrected chi connectivity index (χ4v) is 4.65. The smallest absolute Gasteiger partial charge is 0.416 e. The van der Waals surface area contributed by atoms with Crippen LogP contribution < -0.4 is 10.6 Å². The highest BCUT2D eigenvalue weighted by atomic mass is 19.4. The van der Waals surface area contributed by atoms with E-state index >= 15 is 0 Å². The molecule has 3 N–H and O–H groups in total. The maximum Gasteiger partial charge on any atom is 0.416 e. The molecule has 30 heavy (non-hydrogen) atoms. The van der Waals surface area contributed by atoms with Gasteiger partial charge in [-0.15, -0.1) is 0 Å². The second-order valence-electron chi connectivity index (χ2n) is 8.38. The van der Waals surface area contributed by atoms with Gasteiger partial charge in [-0.05, 0) is 31.0 Å². The Labute approximate surface area is 173 Å². The van der Waals surface area contributed by atoms with Gasteiger partial charge in [-0.1, -0.05) is 25.3 Å². The lowest BCUT2D eigenvalue weighted by Crippen LogP contribution is -2.93. The monoisotopic (exact) mass is 429 g/mol. The Balaban J connectivity index is 1.26. The van der Waals surface area contributed by atoms with Crippen molar-refractivity contribution in [3.63, 3.8) is 0 Å². The van der Waals surface area contributed by atoms with Crippen LogP contribution in [0.3, 0.4) is 0 Å². The van der Waals surface area contributed by atoms with Gasteiger partial charge in [0, 0.05) is 11.6 Å². The van der Waals surface area contributed by atoms with Crippen LogP contribution in [0.2, 0.25) is 0 Å². The van der Waals surface area contributed by atoms with Gasteiger partial charge in [-0.25, -0.2) is 4.79 Å². The Hall–Kier alpha value is -1.84. The first-order chi connectivity index (χ1) is 14.4. The Kier molecular flexibility index (Phi) is 6.50. The number of carbonyl (C=O) groups is 1. The maximum atomic E-state index is 12.8. The zero-order chi connectivity index (χ0) is 21.1. The lowest BCUT2D eigenvalue weighted by atomic mass is 9.89. The minimum absolute atomic E-state index is 0.0244. The van der Waals surface area contributed by atoms with Crippen molar-refractivity contribution in [3.05, 3.63) is 29.8 Å². The van der Waals surface area contributed by atoms with Crippen molar-refractivity contribution in [3.8, 4) is 0 Å². The first kappa shape index (κ1) is 21.4. The highest BCUT2D eigenvalue weighted by molar-refractivity contribution is 5.84. The third-order valence-corrected chi connectivity index (χ3v) is 6.24. The Morgan fingerprint density at radius 2 is 1.90 bits per heavy atom. The molecule has 0 spiro atoms. The van der Waals surface area contributed by atoms with Crippen molar-refractivity contribution >= 4 is 11.8 Å². The molecule has 3 fully saturated rings. The van der Waals surface area contributed by atoms with Crippen LogP contribution in [0.1, 0.15) is 37.7 Å². The standard InChI is InChI=1S/C21H27F3N2O4/c22-21(23,24)14-7-4-8-15(9-14)26-20(27)30-17-12-29-18-16(11-28-19(17)18)25-10-13-5-2-1-3-6-13/h4,7-9,13,16-19,25H,1-3,5-6,10-12H2,(H,26,27)/p+1/t16-,17+,18+,19+/m0/s1. The highest BCUT2D eigenvalue weighted by Gasteiger charge is 2.51. The maximum absolute atomic E-state index is 12.8. The number of anilines is 1. The topological polar surface area (TPSA) is 73.4 Å². The Morgan fingerprint density at radius 3 is 2.67 bits per heavy atom. The molecular weight excluding hydrogens is 401 g/mol. The molecule has 2 saturated heterocycles. The predicted octanol–water partition coefficient (Wildman–Crippen LogP) is 2.93. The van der Waals surface area contributed by atoms with E-state index in [0.29, 0.717) is 6.61 Å². The molecule has 2 heterocycles. The van der Waals surface area contributed by atoms with Gasteiger partial charge in [0.05, 0.1) is 18.7 Å². The lowest BCUT2D eigenvalue weighted by Gasteiger charge is -2.22. The summed E-state index contributed by atoms with van der Waals surface area (Å²) in [5.74, 6) is 0.740. The van der Waals surface area contributed by atoms with E-state index in [-0.39, 0.29) is 30.5 Å². The highest BCUT2D eigenvalue weighted by Crippen LogP contribution is 2.31. The van der Waals surface area contributed by atoms with Gasteiger partial charge in [0.2, 0.25) is 0 Å². The minimum atomic E-state index is -4.48. The number of fused-ring (bicyclic) bond motifs is 1. The zero-order valence-corrected chi connectivity index (χ0v) is 16.7. The Morgan fingerprint density at radius 1 is 1.13 bits per heavy atom. The van der Waals surface area contributed by atoms with Gasteiger partial charge in [0.25, 0.3) is 0 Å². The summed E-state index contributed by atoms with van der Waals surface area (Å²) in [7, 11) is 0. The Bertz CT molecular complexity index is 739. The minimum Gasteiger partial charge on any atom is -0.441 e. The number of nitrogens with one attached hydrogen (secondary N) is 1. The number of carbonyl (C=O) groups excluding carboxylic acids is 1. The molecule has 1 aromatic rings. The van der Waals surface area contributed by atoms with Crippen molar-refractivity contribution in [2.45, 2.75) is 62.6 Å². The number of nitrogens with two attached hydrogens (primary N) is 1. The van der Waals surface area contributed by atoms with Crippen molar-refractivity contribution in [2.75, 3.05) is 25.1 Å². The molecule has 6 nitrogen and oxygen atoms in total. The van der Waals surface area contributed by atoms with Gasteiger partial charge in [0.15, 0.2) is 6.10 Å². The van der Waals surface area contributed by atoms with Crippen LogP contribution in [0, 0.1) is 5.92 Å². The molecule has 0 bridgehead atoms. The van der Waals surface area contributed by atoms with E-state index in [9.17, 15) is 18.0 Å². The largest absolute Gasteiger partial charge is 0.441 e. The number of amides is 1. The zero-order valence-electron chi connectivity index (χ0n) is 16.7. The van der Waals surface area contributed by atoms with Gasteiger partial charge in [-0.3, -0.25) is 5.32 Å². The van der Waals surface area contributed by atoms with E-state index in [2.05, 4.69) is 10.6 Å². The van der Waals surface area contributed by atoms with E-state index in [1.165, 1.54) is 44.2 Å². The number of alkyl halides is 3. The van der Waals surface area contributed by atoms with Gasteiger partial charge < -0.3 is 19.5 Å². The SMILES string of the molecule is O=C(Nc1cccc(C(F)(F)F)c1)O[C@@H]1CO[C@H]2[C@@H]1OC[C@@H]2[NH2+]CC1CCCCC1. The van der Waals surface area contributed by atoms with Crippen molar-refractivity contribution in [2.24, 2.45) is 5.92 Å². The molecule has 1 aromatic carbocycles. The normalized spacial score (nSPS) is 29.6. The van der Waals surface area contributed by atoms with Crippen LogP contribution in [0.4, 0.5) is 23.7 Å². The molecule has 0 radical (unpaired) electrons. The van der Waals surface area contributed by atoms with E-state index < -0.39 is 23.9 Å². The van der Waals surface area contributed by atoms with Crippen molar-refractivity contribution in [1.29, 1.82) is 0 Å². The fourth-order valence-electron chi connectivity index (χ4n) is 4.65. The summed E-state index contributed by atoms with van der Waals surface area (Å²) in [6.07, 6.45) is 0.146. The van der Waals surface area contributed by atoms with Crippen LogP contribution in [0.15, 0.2) is 24.3 Å². The number of halogens is 3. The summed E-state index contributed by atoms with van der Waals surface area (Å²) >= 11 is 0. The van der Waals surface area contributed by atoms with Gasteiger partial charge >= 0.3 is 12.3 Å². The summed E-state index contributed by atoms with van der Waals surface area (Å²) in [6, 6.07) is 4.61. The second-order valence-corrected chi connectivity index (χ2v) is 8.38. The van der Waals surface area contributed by atoms with Crippen LogP contribution in [0.25, 0.3) is 0 Å². The van der Waals surface area contributed by atoms with E-state index in [1.807, 2.05) is 0 Å². The summed E-state index contributed by atoms with van der Waals surface area (Å²) in [5.41, 5.74) is -0.809. The number of ether oxygens (including phenoxy) is 3. The summed E-state index contributed by atoms with van der Waals surface area (Å²) in [5, 5.41) is 4.66. The molecule has 1 saturated carbocycles. The molecule has 0 unspecified atom stereocenters. The first-order valence-electron chi connectivity index (χ1n) is 10.6. The molecular formula is C21H28F3N2O4+. The lowest BCUT2D eigenvalue weighted by molar-refractivity contribution is -0.698. The molecule has 2 aliphatic heterocycles. The van der Waals surface area contributed by atoms with Crippen LogP contribution >= 0.6 is 0 Å². The van der Waals surface area contributed by atoms with Crippen LogP contribution in [0.5, 0.6) is 0 Å². The molecule has 3 aliphatic rings. The molecule has 4 rings (SSSR count). The molecule has 1 aliphatic carbocycles. The molecule has 0 aromatic heterocycles. The van der Waals surface area contributed by atoms with Crippen LogP contribution in [-0.4, -0.2) is 50.2 Å². The molecule has 4 atom stereocenters. The van der Waals surface area contributed by atoms with E-state index in [1.54, 1.807) is 0 Å². The third kappa shape index (κ3) is 5.07. The van der Waals surface area contributed by atoms with Crippen molar-refractivity contribution < 1.29 is 37.5 Å². The molecule has 9 heteroatoms. The van der Waals surface area contributed by atoms with Gasteiger partial charge in [0.1, 0.15) is 24.9 Å². The molecule has 166 valence electrons. The average Bonchev–Trinajstić information content (AvgIpc) is 3.30. The summed E-state index contributed by atoms with van der Waals surface area (Å²) in [6.45, 7) is 1.82. The summed E-state index contributed by atoms with van der Waals surface area (Å²) in [4.78, 5) is 12.2. The third-order valence-electron chi connectivity index (χ3n) is 6.24.